The lowest BCUT2D eigenvalue weighted by Crippen LogP contribution is -2.50. The number of carbonyl (C=O) groups is 3. The van der Waals surface area contributed by atoms with Crippen LogP contribution < -0.4 is 10.3 Å². The van der Waals surface area contributed by atoms with Gasteiger partial charge >= 0.3 is 0 Å². The summed E-state index contributed by atoms with van der Waals surface area (Å²) in [6.07, 6.45) is 2.33. The van der Waals surface area contributed by atoms with Gasteiger partial charge in [0.25, 0.3) is 5.91 Å². The van der Waals surface area contributed by atoms with E-state index in [0.717, 1.165) is 18.9 Å². The molecule has 2 heterocycles. The molecule has 1 fully saturated rings. The lowest BCUT2D eigenvalue weighted by molar-refractivity contribution is -0.156. The molecule has 0 saturated carbocycles. The maximum Gasteiger partial charge on any atom is 0.271 e. The molecule has 1 atom stereocenters. The highest BCUT2D eigenvalue weighted by atomic mass is 16.5. The third-order valence-corrected chi connectivity index (χ3v) is 4.30. The third kappa shape index (κ3) is 5.89. The van der Waals surface area contributed by atoms with Crippen LogP contribution in [0.15, 0.2) is 18.3 Å². The van der Waals surface area contributed by atoms with E-state index in [4.69, 9.17) is 4.74 Å². The monoisotopic (exact) mass is 393 g/mol. The van der Waals surface area contributed by atoms with E-state index >= 15 is 0 Å². The number of nitrogens with one attached hydrogen (secondary N) is 1. The Morgan fingerprint density at radius 1 is 1.39 bits per heavy atom. The second kappa shape index (κ2) is 10.6. The number of hydrazine groups is 1. The molecule has 0 bridgehead atoms. The number of aromatic nitrogens is 1. The number of ether oxygens (including phenoxy) is 1. The highest BCUT2D eigenvalue weighted by molar-refractivity contribution is 5.95. The second-order valence-electron chi connectivity index (χ2n) is 6.56. The first-order chi connectivity index (χ1) is 13.5. The summed E-state index contributed by atoms with van der Waals surface area (Å²) in [4.78, 5) is 42.0. The zero-order valence-corrected chi connectivity index (χ0v) is 16.2. The number of morpholine rings is 1. The fourth-order valence-corrected chi connectivity index (χ4v) is 2.80. The number of anilines is 1. The fraction of sp³-hybridized carbons (Fsp3) is 0.556. The number of hydrogen-bond donors (Lipinski definition) is 2. The van der Waals surface area contributed by atoms with Crippen LogP contribution in [0.3, 0.4) is 0 Å². The molecule has 0 spiro atoms. The summed E-state index contributed by atoms with van der Waals surface area (Å²) in [6.45, 7) is 6.38. The molecule has 1 aliphatic heterocycles. The molecule has 28 heavy (non-hydrogen) atoms. The van der Waals surface area contributed by atoms with Crippen molar-refractivity contribution in [2.75, 3.05) is 44.3 Å². The van der Waals surface area contributed by atoms with Crippen molar-refractivity contribution in [2.45, 2.75) is 20.3 Å². The minimum Gasteiger partial charge on any atom is -0.378 e. The number of hydroxylamine groups is 2. The Kier molecular flexibility index (Phi) is 8.15. The molecule has 0 aromatic carbocycles. The molecule has 10 nitrogen and oxygen atoms in total. The summed E-state index contributed by atoms with van der Waals surface area (Å²) in [6, 6.07) is 3.43. The molecule has 0 radical (unpaired) electrons. The summed E-state index contributed by atoms with van der Waals surface area (Å²) in [5, 5.41) is 10.9. The predicted molar refractivity (Wildman–Crippen MR) is 100 cm³/mol. The predicted octanol–water partition coefficient (Wildman–Crippen LogP) is 0.285. The Morgan fingerprint density at radius 2 is 2.11 bits per heavy atom. The smallest absolute Gasteiger partial charge is 0.271 e. The van der Waals surface area contributed by atoms with Crippen molar-refractivity contribution in [2.24, 2.45) is 5.92 Å². The molecule has 2 N–H and O–H groups in total. The molecule has 1 aromatic rings. The minimum atomic E-state index is -0.677. The van der Waals surface area contributed by atoms with Crippen LogP contribution in [0.25, 0.3) is 0 Å². The SMILES string of the molecule is CCCN(NC(=O)c1ccc(N2CCOCC2)nc1)C(=O)C(C)CN(O)C=O. The average molecular weight is 393 g/mol. The average Bonchev–Trinajstić information content (AvgIpc) is 2.73. The van der Waals surface area contributed by atoms with Crippen LogP contribution in [0.2, 0.25) is 0 Å². The van der Waals surface area contributed by atoms with Crippen molar-refractivity contribution in [3.05, 3.63) is 23.9 Å². The normalized spacial score (nSPS) is 14.9. The van der Waals surface area contributed by atoms with Gasteiger partial charge in [-0.1, -0.05) is 13.8 Å². The van der Waals surface area contributed by atoms with Crippen LogP contribution in [0.4, 0.5) is 5.82 Å². The van der Waals surface area contributed by atoms with Gasteiger partial charge in [-0.25, -0.2) is 10.0 Å². The number of hydrogen-bond acceptors (Lipinski definition) is 7. The quantitative estimate of drug-likeness (QED) is 0.370. The topological polar surface area (TPSA) is 115 Å². The summed E-state index contributed by atoms with van der Waals surface area (Å²) in [5.41, 5.74) is 2.92. The lowest BCUT2D eigenvalue weighted by atomic mass is 10.1. The van der Waals surface area contributed by atoms with Gasteiger partial charge in [0.05, 0.1) is 31.2 Å². The maximum atomic E-state index is 12.5. The summed E-state index contributed by atoms with van der Waals surface area (Å²) >= 11 is 0. The second-order valence-corrected chi connectivity index (χ2v) is 6.56. The Hall–Kier alpha value is -2.72. The summed E-state index contributed by atoms with van der Waals surface area (Å²) in [7, 11) is 0. The van der Waals surface area contributed by atoms with Gasteiger partial charge in [0.1, 0.15) is 5.82 Å². The van der Waals surface area contributed by atoms with Crippen LogP contribution in [-0.2, 0) is 14.3 Å². The van der Waals surface area contributed by atoms with Crippen molar-refractivity contribution in [1.29, 1.82) is 0 Å². The minimum absolute atomic E-state index is 0.159. The van der Waals surface area contributed by atoms with Crippen molar-refractivity contribution in [1.82, 2.24) is 20.5 Å². The van der Waals surface area contributed by atoms with Crippen LogP contribution in [0, 0.1) is 5.92 Å². The first-order valence-corrected chi connectivity index (χ1v) is 9.28. The Bertz CT molecular complexity index is 663. The molecular formula is C18H27N5O5. The van der Waals surface area contributed by atoms with Crippen molar-refractivity contribution in [3.63, 3.8) is 0 Å². The van der Waals surface area contributed by atoms with Crippen molar-refractivity contribution < 1.29 is 24.3 Å². The Balaban J connectivity index is 2.00. The first-order valence-electron chi connectivity index (χ1n) is 9.28. The van der Waals surface area contributed by atoms with Gasteiger partial charge in [-0.15, -0.1) is 0 Å². The maximum absolute atomic E-state index is 12.5. The fourth-order valence-electron chi connectivity index (χ4n) is 2.80. The number of pyridine rings is 1. The van der Waals surface area contributed by atoms with Crippen LogP contribution in [0.5, 0.6) is 0 Å². The molecule has 2 rings (SSSR count). The van der Waals surface area contributed by atoms with Gasteiger partial charge in [-0.2, -0.15) is 0 Å². The van der Waals surface area contributed by atoms with Gasteiger partial charge in [0, 0.05) is 25.8 Å². The molecule has 0 aliphatic carbocycles. The van der Waals surface area contributed by atoms with Gasteiger partial charge < -0.3 is 9.64 Å². The zero-order valence-electron chi connectivity index (χ0n) is 16.2. The molecule has 1 aliphatic rings. The zero-order chi connectivity index (χ0) is 20.5. The molecule has 1 aromatic heterocycles. The van der Waals surface area contributed by atoms with E-state index in [-0.39, 0.29) is 13.0 Å². The van der Waals surface area contributed by atoms with Gasteiger partial charge in [0.15, 0.2) is 0 Å². The molecule has 10 heteroatoms. The van der Waals surface area contributed by atoms with Crippen molar-refractivity contribution in [3.8, 4) is 0 Å². The van der Waals surface area contributed by atoms with Crippen LogP contribution >= 0.6 is 0 Å². The van der Waals surface area contributed by atoms with E-state index in [1.807, 2.05) is 6.92 Å². The Morgan fingerprint density at radius 3 is 2.68 bits per heavy atom. The van der Waals surface area contributed by atoms with Crippen LogP contribution in [0.1, 0.15) is 30.6 Å². The number of carbonyl (C=O) groups excluding carboxylic acids is 3. The highest BCUT2D eigenvalue weighted by Gasteiger charge is 2.24. The number of nitrogens with zero attached hydrogens (tertiary/aromatic N) is 4. The number of amides is 3. The van der Waals surface area contributed by atoms with E-state index in [9.17, 15) is 19.6 Å². The molecule has 1 saturated heterocycles. The lowest BCUT2D eigenvalue weighted by Gasteiger charge is -2.28. The first kappa shape index (κ1) is 21.6. The standard InChI is InChI=1S/C18H27N5O5/c1-3-6-23(18(26)14(2)12-22(27)13-24)20-17(25)15-4-5-16(19-11-15)21-7-9-28-10-8-21/h4-5,11,13-14,27H,3,6-10,12H2,1-2H3,(H,20,25). The Labute approximate surface area is 164 Å². The summed E-state index contributed by atoms with van der Waals surface area (Å²) in [5.74, 6) is -0.754. The highest BCUT2D eigenvalue weighted by Crippen LogP contribution is 2.13. The molecule has 154 valence electrons. The van der Waals surface area contributed by atoms with Crippen LogP contribution in [-0.4, -0.2) is 77.9 Å². The van der Waals surface area contributed by atoms with E-state index in [2.05, 4.69) is 15.3 Å². The number of rotatable bonds is 8. The van der Waals surface area contributed by atoms with Crippen molar-refractivity contribution >= 4 is 24.0 Å². The van der Waals surface area contributed by atoms with E-state index in [0.29, 0.717) is 36.8 Å². The third-order valence-electron chi connectivity index (χ3n) is 4.30. The molecule has 1 unspecified atom stereocenters. The summed E-state index contributed by atoms with van der Waals surface area (Å²) < 4.78 is 5.31. The van der Waals surface area contributed by atoms with E-state index in [1.165, 1.54) is 11.2 Å². The molecule has 3 amide bonds. The van der Waals surface area contributed by atoms with Gasteiger partial charge in [-0.3, -0.25) is 30.0 Å². The molecular weight excluding hydrogens is 366 g/mol. The van der Waals surface area contributed by atoms with Gasteiger partial charge in [-0.05, 0) is 18.6 Å². The van der Waals surface area contributed by atoms with E-state index in [1.54, 1.807) is 19.1 Å². The van der Waals surface area contributed by atoms with E-state index < -0.39 is 17.7 Å². The van der Waals surface area contributed by atoms with Gasteiger partial charge in [0.2, 0.25) is 12.3 Å². The largest absolute Gasteiger partial charge is 0.378 e.